The van der Waals surface area contributed by atoms with Crippen LogP contribution in [0.2, 0.25) is 0 Å². The highest BCUT2D eigenvalue weighted by Crippen LogP contribution is 2.12. The lowest BCUT2D eigenvalue weighted by Crippen LogP contribution is -2.22. The Hall–Kier alpha value is -0.200. The summed E-state index contributed by atoms with van der Waals surface area (Å²) >= 11 is 0. The van der Waals surface area contributed by atoms with E-state index in [1.807, 2.05) is 0 Å². The van der Waals surface area contributed by atoms with Gasteiger partial charge in [0, 0.05) is 0 Å². The van der Waals surface area contributed by atoms with Gasteiger partial charge in [-0.25, -0.2) is 4.79 Å². The number of rotatable bonds is 1. The third kappa shape index (κ3) is 2.89. The molecule has 0 saturated carbocycles. The summed E-state index contributed by atoms with van der Waals surface area (Å²) in [5.74, 6) is -2.40. The number of hydrogen-bond donors (Lipinski definition) is 2. The molecule has 2 atom stereocenters. The summed E-state index contributed by atoms with van der Waals surface area (Å²) in [6, 6.07) is 0. The third-order valence-electron chi connectivity index (χ3n) is 0.380. The first-order chi connectivity index (χ1) is 3.68. The van der Waals surface area contributed by atoms with Crippen LogP contribution in [-0.4, -0.2) is 17.0 Å². The molecule has 0 aromatic rings. The van der Waals surface area contributed by atoms with Gasteiger partial charge in [0.05, 0.1) is 0 Å². The number of nitrogens with one attached hydrogen (secondary N) is 1. The Morgan fingerprint density at radius 2 is 2.12 bits per heavy atom. The Morgan fingerprint density at radius 3 is 2.25 bits per heavy atom. The molecule has 0 aliphatic carbocycles. The zero-order valence-corrected chi connectivity index (χ0v) is 6.00. The number of amides is 1. The second-order valence-corrected chi connectivity index (χ2v) is 2.31. The topological polar surface area (TPSA) is 66.4 Å². The highest BCUT2D eigenvalue weighted by atomic mass is 32.0. The molecule has 0 heterocycles. The van der Waals surface area contributed by atoms with E-state index >= 15 is 0 Å². The fourth-order valence-corrected chi connectivity index (χ4v) is 0.750. The van der Waals surface area contributed by atoms with Crippen molar-refractivity contribution in [1.82, 2.24) is 5.09 Å². The van der Waals surface area contributed by atoms with Crippen molar-refractivity contribution in [3.63, 3.8) is 0 Å². The van der Waals surface area contributed by atoms with Crippen molar-refractivity contribution in [3.8, 4) is 0 Å². The van der Waals surface area contributed by atoms with E-state index in [1.165, 1.54) is 0 Å². The molecule has 0 saturated heterocycles. The van der Waals surface area contributed by atoms with Gasteiger partial charge in [0.25, 0.3) is 0 Å². The summed E-state index contributed by atoms with van der Waals surface area (Å²) < 4.78 is 0. The predicted molar refractivity (Wildman–Crippen MR) is 33.8 cm³/mol. The van der Waals surface area contributed by atoms with Gasteiger partial charge in [0.1, 0.15) is 0 Å². The molecule has 0 rings (SSSR count). The van der Waals surface area contributed by atoms with Gasteiger partial charge in [-0.15, -0.1) is 0 Å². The van der Waals surface area contributed by atoms with Crippen LogP contribution in [0.3, 0.4) is 0 Å². The zero-order chi connectivity index (χ0) is 6.57. The van der Waals surface area contributed by atoms with Crippen LogP contribution >= 0.6 is 17.3 Å². The predicted octanol–water partition coefficient (Wildman–Crippen LogP) is -0.429. The molecular weight excluding hydrogens is 148 g/mol. The summed E-state index contributed by atoms with van der Waals surface area (Å²) in [4.78, 5) is 19.7. The molecular formula is C2H5NO3P2. The Bertz CT molecular complexity index is 114. The van der Waals surface area contributed by atoms with Crippen LogP contribution in [0.25, 0.3) is 0 Å². The molecule has 0 aliphatic heterocycles. The van der Waals surface area contributed by atoms with E-state index in [2.05, 4.69) is 14.0 Å². The van der Waals surface area contributed by atoms with Crippen molar-refractivity contribution in [1.29, 1.82) is 0 Å². The fraction of sp³-hybridized carbons (Fsp3) is 0. The molecule has 2 N–H and O–H groups in total. The van der Waals surface area contributed by atoms with E-state index in [1.54, 1.807) is 0 Å². The largest absolute Gasteiger partial charge is 0.474 e. The van der Waals surface area contributed by atoms with Crippen LogP contribution in [-0.2, 0) is 9.59 Å². The first kappa shape index (κ1) is 7.80. The lowest BCUT2D eigenvalue weighted by molar-refractivity contribution is -0.149. The average Bonchev–Trinajstić information content (AvgIpc) is 1.67. The Morgan fingerprint density at radius 1 is 1.62 bits per heavy atom. The Kier molecular flexibility index (Phi) is 3.67. The average molecular weight is 153 g/mol. The minimum Gasteiger partial charge on any atom is -0.474 e. The molecule has 0 aromatic heterocycles. The van der Waals surface area contributed by atoms with Gasteiger partial charge < -0.3 is 10.2 Å². The van der Waals surface area contributed by atoms with Crippen molar-refractivity contribution in [3.05, 3.63) is 0 Å². The number of hydrogen-bond acceptors (Lipinski definition) is 2. The molecule has 0 radical (unpaired) electrons. The van der Waals surface area contributed by atoms with E-state index in [0.29, 0.717) is 0 Å². The van der Waals surface area contributed by atoms with Crippen LogP contribution in [0.1, 0.15) is 0 Å². The Balaban J connectivity index is 3.49. The summed E-state index contributed by atoms with van der Waals surface area (Å²) in [7, 11) is 2.27. The number of carbonyl (C=O) groups is 2. The highest BCUT2D eigenvalue weighted by Gasteiger charge is 2.06. The first-order valence-electron chi connectivity index (χ1n) is 1.67. The molecule has 0 bridgehead atoms. The van der Waals surface area contributed by atoms with Crippen LogP contribution < -0.4 is 5.09 Å². The van der Waals surface area contributed by atoms with Gasteiger partial charge in [-0.2, -0.15) is 0 Å². The lowest BCUT2D eigenvalue weighted by Gasteiger charge is -1.91. The van der Waals surface area contributed by atoms with Gasteiger partial charge in [-0.3, -0.25) is 4.79 Å². The van der Waals surface area contributed by atoms with Crippen molar-refractivity contribution in [2.24, 2.45) is 0 Å². The molecule has 1 amide bonds. The molecule has 46 valence electrons. The summed E-state index contributed by atoms with van der Waals surface area (Å²) in [6.07, 6.45) is 0. The van der Waals surface area contributed by atoms with Gasteiger partial charge in [-0.1, -0.05) is 8.93 Å². The van der Waals surface area contributed by atoms with E-state index in [0.717, 1.165) is 0 Å². The summed E-state index contributed by atoms with van der Waals surface area (Å²) in [6.45, 7) is 0. The number of carboxylic acid groups (broad SMARTS) is 1. The summed E-state index contributed by atoms with van der Waals surface area (Å²) in [5.41, 5.74) is 0. The highest BCUT2D eigenvalue weighted by molar-refractivity contribution is 8.02. The SMILES string of the molecule is O=C(O)C(=O)NPP. The monoisotopic (exact) mass is 153 g/mol. The number of carboxylic acids is 1. The Labute approximate surface area is 50.0 Å². The van der Waals surface area contributed by atoms with E-state index in [4.69, 9.17) is 5.11 Å². The summed E-state index contributed by atoms with van der Waals surface area (Å²) in [5, 5.41) is 9.99. The second-order valence-electron chi connectivity index (χ2n) is 0.904. The molecule has 0 fully saturated rings. The van der Waals surface area contributed by atoms with Gasteiger partial charge in [0.15, 0.2) is 0 Å². The van der Waals surface area contributed by atoms with E-state index in [9.17, 15) is 9.59 Å². The zero-order valence-electron chi connectivity index (χ0n) is 3.84. The van der Waals surface area contributed by atoms with Gasteiger partial charge in [-0.05, 0) is 8.42 Å². The second kappa shape index (κ2) is 3.76. The molecule has 0 aromatic carbocycles. The van der Waals surface area contributed by atoms with Crippen molar-refractivity contribution >= 4 is 29.2 Å². The third-order valence-corrected chi connectivity index (χ3v) is 1.18. The molecule has 8 heavy (non-hydrogen) atoms. The standard InChI is InChI=1S/C2H5NO3P2/c4-1(2(5)6)3-8-7/h8H,7H2,(H,3,4)(H,5,6). The number of carbonyl (C=O) groups excluding carboxylic acids is 1. The van der Waals surface area contributed by atoms with Gasteiger partial charge >= 0.3 is 11.9 Å². The molecule has 6 heteroatoms. The van der Waals surface area contributed by atoms with Crippen molar-refractivity contribution in [2.45, 2.75) is 0 Å². The van der Waals surface area contributed by atoms with E-state index in [-0.39, 0.29) is 8.42 Å². The maximum atomic E-state index is 10.0. The smallest absolute Gasteiger partial charge is 0.394 e. The quantitative estimate of drug-likeness (QED) is 0.396. The van der Waals surface area contributed by atoms with Crippen molar-refractivity contribution in [2.75, 3.05) is 0 Å². The normalized spacial score (nSPS) is 9.62. The van der Waals surface area contributed by atoms with Crippen molar-refractivity contribution < 1.29 is 14.7 Å². The van der Waals surface area contributed by atoms with Crippen LogP contribution in [0, 0.1) is 0 Å². The lowest BCUT2D eigenvalue weighted by atomic mass is 10.7. The van der Waals surface area contributed by atoms with Gasteiger partial charge in [0.2, 0.25) is 0 Å². The maximum Gasteiger partial charge on any atom is 0.394 e. The first-order valence-corrected chi connectivity index (χ1v) is 4.48. The van der Waals surface area contributed by atoms with Crippen LogP contribution in [0.5, 0.6) is 0 Å². The van der Waals surface area contributed by atoms with E-state index < -0.39 is 11.9 Å². The molecule has 4 nitrogen and oxygen atoms in total. The molecule has 0 aliphatic rings. The maximum absolute atomic E-state index is 10.0. The molecule has 0 spiro atoms. The minimum atomic E-state index is -1.44. The van der Waals surface area contributed by atoms with Crippen LogP contribution in [0.15, 0.2) is 0 Å². The molecule has 2 unspecified atom stereocenters. The minimum absolute atomic E-state index is 0.0672. The number of aliphatic carboxylic acids is 1. The fourth-order valence-electron chi connectivity index (χ4n) is 0.119. The van der Waals surface area contributed by atoms with Crippen LogP contribution in [0.4, 0.5) is 0 Å².